The minimum absolute atomic E-state index is 0.0793. The third kappa shape index (κ3) is 6.21. The SMILES string of the molecule is CCCc1ccc(C(=O)Oc2c(C)cc(C(C)(C)C)cc2C(C)C(C)C(=O)OCC)cc1. The van der Waals surface area contributed by atoms with E-state index in [0.717, 1.165) is 29.5 Å². The molecule has 0 amide bonds. The normalized spacial score (nSPS) is 13.4. The van der Waals surface area contributed by atoms with E-state index >= 15 is 0 Å². The zero-order chi connectivity index (χ0) is 24.1. The molecule has 0 aliphatic rings. The van der Waals surface area contributed by atoms with Gasteiger partial charge in [0.15, 0.2) is 0 Å². The molecule has 0 fully saturated rings. The smallest absolute Gasteiger partial charge is 0.343 e. The van der Waals surface area contributed by atoms with Gasteiger partial charge in [-0.1, -0.05) is 72.2 Å². The Balaban J connectivity index is 2.46. The van der Waals surface area contributed by atoms with Crippen molar-refractivity contribution in [3.8, 4) is 5.75 Å². The van der Waals surface area contributed by atoms with Gasteiger partial charge in [0, 0.05) is 0 Å². The molecule has 0 aliphatic carbocycles. The first-order valence-corrected chi connectivity index (χ1v) is 11.6. The maximum Gasteiger partial charge on any atom is 0.343 e. The Hall–Kier alpha value is -2.62. The highest BCUT2D eigenvalue weighted by molar-refractivity contribution is 5.91. The van der Waals surface area contributed by atoms with E-state index in [9.17, 15) is 9.59 Å². The Kier molecular flexibility index (Phi) is 8.65. The molecule has 0 radical (unpaired) electrons. The zero-order valence-corrected chi connectivity index (χ0v) is 20.9. The molecule has 4 heteroatoms. The molecule has 174 valence electrons. The Morgan fingerprint density at radius 2 is 1.62 bits per heavy atom. The quantitative estimate of drug-likeness (QED) is 0.337. The number of rotatable bonds is 8. The second kappa shape index (κ2) is 10.8. The molecule has 0 heterocycles. The highest BCUT2D eigenvalue weighted by Gasteiger charge is 2.29. The van der Waals surface area contributed by atoms with Crippen molar-refractivity contribution in [2.75, 3.05) is 6.61 Å². The summed E-state index contributed by atoms with van der Waals surface area (Å²) in [6.07, 6.45) is 2.04. The van der Waals surface area contributed by atoms with Crippen LogP contribution in [0.3, 0.4) is 0 Å². The molecule has 2 aromatic rings. The fraction of sp³-hybridized carbons (Fsp3) is 0.500. The number of hydrogen-bond donors (Lipinski definition) is 0. The van der Waals surface area contributed by atoms with Crippen molar-refractivity contribution in [1.29, 1.82) is 0 Å². The van der Waals surface area contributed by atoms with Gasteiger partial charge in [-0.2, -0.15) is 0 Å². The number of ether oxygens (including phenoxy) is 2. The first-order valence-electron chi connectivity index (χ1n) is 11.6. The summed E-state index contributed by atoms with van der Waals surface area (Å²) in [4.78, 5) is 25.4. The molecule has 0 saturated carbocycles. The summed E-state index contributed by atoms with van der Waals surface area (Å²) in [7, 11) is 0. The maximum absolute atomic E-state index is 13.0. The van der Waals surface area contributed by atoms with Crippen molar-refractivity contribution in [2.24, 2.45) is 5.92 Å². The van der Waals surface area contributed by atoms with Gasteiger partial charge >= 0.3 is 11.9 Å². The Bertz CT molecular complexity index is 935. The average molecular weight is 439 g/mol. The lowest BCUT2D eigenvalue weighted by molar-refractivity contribution is -0.148. The molecule has 0 spiro atoms. The summed E-state index contributed by atoms with van der Waals surface area (Å²) >= 11 is 0. The zero-order valence-electron chi connectivity index (χ0n) is 20.9. The molecular formula is C28H38O4. The minimum atomic E-state index is -0.392. The van der Waals surface area contributed by atoms with Gasteiger partial charge in [0.2, 0.25) is 0 Å². The first kappa shape index (κ1) is 25.6. The molecule has 0 N–H and O–H groups in total. The van der Waals surface area contributed by atoms with Crippen molar-refractivity contribution < 1.29 is 19.1 Å². The van der Waals surface area contributed by atoms with Crippen LogP contribution in [0, 0.1) is 12.8 Å². The lowest BCUT2D eigenvalue weighted by Crippen LogP contribution is -2.22. The number of carbonyl (C=O) groups excluding carboxylic acids is 2. The van der Waals surface area contributed by atoms with E-state index in [1.165, 1.54) is 5.56 Å². The molecule has 2 atom stereocenters. The summed E-state index contributed by atoms with van der Waals surface area (Å²) < 4.78 is 11.2. The van der Waals surface area contributed by atoms with E-state index in [0.29, 0.717) is 17.9 Å². The van der Waals surface area contributed by atoms with Gasteiger partial charge in [0.25, 0.3) is 0 Å². The van der Waals surface area contributed by atoms with E-state index in [-0.39, 0.29) is 23.2 Å². The molecule has 2 unspecified atom stereocenters. The summed E-state index contributed by atoms with van der Waals surface area (Å²) in [5.74, 6) is -0.649. The van der Waals surface area contributed by atoms with E-state index in [1.54, 1.807) is 6.92 Å². The van der Waals surface area contributed by atoms with Crippen molar-refractivity contribution in [2.45, 2.75) is 79.6 Å². The number of aryl methyl sites for hydroxylation is 2. The van der Waals surface area contributed by atoms with Crippen LogP contribution in [0.2, 0.25) is 0 Å². The molecule has 2 rings (SSSR count). The molecule has 0 bridgehead atoms. The third-order valence-electron chi connectivity index (χ3n) is 5.99. The van der Waals surface area contributed by atoms with Crippen LogP contribution in [0.5, 0.6) is 5.75 Å². The van der Waals surface area contributed by atoms with E-state index in [1.807, 2.05) is 45.0 Å². The van der Waals surface area contributed by atoms with Crippen molar-refractivity contribution >= 4 is 11.9 Å². The summed E-state index contributed by atoms with van der Waals surface area (Å²) in [6.45, 7) is 16.5. The fourth-order valence-corrected chi connectivity index (χ4v) is 3.71. The van der Waals surface area contributed by atoms with Crippen LogP contribution in [0.4, 0.5) is 0 Å². The Morgan fingerprint density at radius 1 is 1.00 bits per heavy atom. The summed E-state index contributed by atoms with van der Waals surface area (Å²) in [5, 5.41) is 0. The van der Waals surface area contributed by atoms with E-state index in [4.69, 9.17) is 9.47 Å². The molecule has 2 aromatic carbocycles. The van der Waals surface area contributed by atoms with Gasteiger partial charge in [-0.05, 0) is 66.0 Å². The van der Waals surface area contributed by atoms with Crippen molar-refractivity contribution in [3.63, 3.8) is 0 Å². The van der Waals surface area contributed by atoms with E-state index in [2.05, 4.69) is 39.8 Å². The highest BCUT2D eigenvalue weighted by atomic mass is 16.5. The van der Waals surface area contributed by atoms with Gasteiger partial charge in [-0.25, -0.2) is 4.79 Å². The monoisotopic (exact) mass is 438 g/mol. The number of benzene rings is 2. The highest BCUT2D eigenvalue weighted by Crippen LogP contribution is 2.39. The van der Waals surface area contributed by atoms with Gasteiger partial charge in [-0.15, -0.1) is 0 Å². The van der Waals surface area contributed by atoms with Crippen LogP contribution in [-0.4, -0.2) is 18.5 Å². The topological polar surface area (TPSA) is 52.6 Å². The van der Waals surface area contributed by atoms with Crippen LogP contribution in [0.1, 0.15) is 93.4 Å². The molecule has 0 saturated heterocycles. The average Bonchev–Trinajstić information content (AvgIpc) is 2.74. The molecule has 0 aromatic heterocycles. The minimum Gasteiger partial charge on any atom is -0.466 e. The number of esters is 2. The Morgan fingerprint density at radius 3 is 2.16 bits per heavy atom. The van der Waals surface area contributed by atoms with Crippen molar-refractivity contribution in [3.05, 3.63) is 64.2 Å². The summed E-state index contributed by atoms with van der Waals surface area (Å²) in [6, 6.07) is 11.7. The van der Waals surface area contributed by atoms with E-state index < -0.39 is 5.97 Å². The number of carbonyl (C=O) groups is 2. The van der Waals surface area contributed by atoms with Gasteiger partial charge in [0.1, 0.15) is 5.75 Å². The van der Waals surface area contributed by atoms with Crippen LogP contribution >= 0.6 is 0 Å². The summed E-state index contributed by atoms with van der Waals surface area (Å²) in [5.41, 5.74) is 4.51. The predicted molar refractivity (Wildman–Crippen MR) is 129 cm³/mol. The fourth-order valence-electron chi connectivity index (χ4n) is 3.71. The lowest BCUT2D eigenvalue weighted by Gasteiger charge is -2.27. The van der Waals surface area contributed by atoms with Crippen molar-refractivity contribution in [1.82, 2.24) is 0 Å². The van der Waals surface area contributed by atoms with Gasteiger partial charge in [0.05, 0.1) is 18.1 Å². The van der Waals surface area contributed by atoms with Gasteiger partial charge in [-0.3, -0.25) is 4.79 Å². The molecular weight excluding hydrogens is 400 g/mol. The second-order valence-corrected chi connectivity index (χ2v) is 9.63. The number of hydrogen-bond acceptors (Lipinski definition) is 4. The van der Waals surface area contributed by atoms with Crippen LogP contribution in [-0.2, 0) is 21.4 Å². The lowest BCUT2D eigenvalue weighted by atomic mass is 9.80. The second-order valence-electron chi connectivity index (χ2n) is 9.63. The largest absolute Gasteiger partial charge is 0.466 e. The van der Waals surface area contributed by atoms with Crippen LogP contribution in [0.15, 0.2) is 36.4 Å². The van der Waals surface area contributed by atoms with Crippen LogP contribution < -0.4 is 4.74 Å². The Labute approximate surface area is 193 Å². The maximum atomic E-state index is 13.0. The molecule has 4 nitrogen and oxygen atoms in total. The predicted octanol–water partition coefficient (Wildman–Crippen LogP) is 6.77. The van der Waals surface area contributed by atoms with Crippen LogP contribution in [0.25, 0.3) is 0 Å². The third-order valence-corrected chi connectivity index (χ3v) is 5.99. The molecule has 32 heavy (non-hydrogen) atoms. The standard InChI is InChI=1S/C28H38O4/c1-9-11-21-12-14-22(15-13-21)27(30)32-25-18(3)16-23(28(6,7)8)17-24(25)19(4)20(5)26(29)31-10-2/h12-17,19-20H,9-11H2,1-8H3. The molecule has 0 aliphatic heterocycles. The van der Waals surface area contributed by atoms with Gasteiger partial charge < -0.3 is 9.47 Å². The first-order chi connectivity index (χ1) is 15.0.